The zero-order chi connectivity index (χ0) is 13.2. The molecule has 0 atom stereocenters. The summed E-state index contributed by atoms with van der Waals surface area (Å²) in [4.78, 5) is 1.93. The SMILES string of the molecule is Cc1nnc(N(C)C(C)(C)CO)c(CN)c1C. The van der Waals surface area contributed by atoms with Crippen molar-refractivity contribution in [3.8, 4) is 0 Å². The Balaban J connectivity index is 3.27. The van der Waals surface area contributed by atoms with Gasteiger partial charge in [-0.1, -0.05) is 0 Å². The monoisotopic (exact) mass is 238 g/mol. The van der Waals surface area contributed by atoms with E-state index in [-0.39, 0.29) is 12.1 Å². The molecule has 0 aliphatic heterocycles. The predicted molar refractivity (Wildman–Crippen MR) is 69.0 cm³/mol. The molecule has 0 bridgehead atoms. The first-order chi connectivity index (χ1) is 7.85. The summed E-state index contributed by atoms with van der Waals surface area (Å²) in [5.74, 6) is 0.745. The molecule has 0 aliphatic carbocycles. The van der Waals surface area contributed by atoms with Gasteiger partial charge in [0, 0.05) is 19.2 Å². The summed E-state index contributed by atoms with van der Waals surface area (Å²) in [6.07, 6.45) is 0. The molecule has 0 aromatic carbocycles. The summed E-state index contributed by atoms with van der Waals surface area (Å²) in [6, 6.07) is 0. The summed E-state index contributed by atoms with van der Waals surface area (Å²) in [7, 11) is 1.90. The standard InChI is InChI=1S/C12H22N4O/c1-8-9(2)14-15-11(10(8)6-13)16(5)12(3,4)7-17/h17H,6-7,13H2,1-5H3. The minimum Gasteiger partial charge on any atom is -0.394 e. The summed E-state index contributed by atoms with van der Waals surface area (Å²) in [5.41, 5.74) is 8.35. The lowest BCUT2D eigenvalue weighted by molar-refractivity contribution is 0.215. The van der Waals surface area contributed by atoms with Gasteiger partial charge in [0.15, 0.2) is 5.82 Å². The second kappa shape index (κ2) is 4.98. The molecule has 1 aromatic rings. The molecule has 0 saturated carbocycles. The summed E-state index contributed by atoms with van der Waals surface area (Å²) in [5, 5.41) is 17.7. The average molecular weight is 238 g/mol. The Morgan fingerprint density at radius 3 is 2.35 bits per heavy atom. The lowest BCUT2D eigenvalue weighted by atomic mass is 10.0. The quantitative estimate of drug-likeness (QED) is 0.810. The molecule has 0 aliphatic rings. The Hall–Kier alpha value is -1.20. The van der Waals surface area contributed by atoms with Crippen LogP contribution in [0.3, 0.4) is 0 Å². The van der Waals surface area contributed by atoms with E-state index in [1.54, 1.807) is 0 Å². The van der Waals surface area contributed by atoms with E-state index in [0.717, 1.165) is 22.6 Å². The second-order valence-corrected chi connectivity index (χ2v) is 4.95. The van der Waals surface area contributed by atoms with Crippen molar-refractivity contribution in [3.63, 3.8) is 0 Å². The molecule has 1 rings (SSSR count). The smallest absolute Gasteiger partial charge is 0.156 e. The molecule has 5 heteroatoms. The highest BCUT2D eigenvalue weighted by molar-refractivity contribution is 5.51. The lowest BCUT2D eigenvalue weighted by Crippen LogP contribution is -2.45. The third-order valence-corrected chi connectivity index (χ3v) is 3.38. The van der Waals surface area contributed by atoms with Crippen LogP contribution in [0.15, 0.2) is 0 Å². The third kappa shape index (κ3) is 2.56. The van der Waals surface area contributed by atoms with E-state index in [0.29, 0.717) is 6.54 Å². The van der Waals surface area contributed by atoms with Crippen molar-refractivity contribution in [2.75, 3.05) is 18.6 Å². The molecule has 3 N–H and O–H groups in total. The van der Waals surface area contributed by atoms with Gasteiger partial charge in [0.05, 0.1) is 17.8 Å². The number of aliphatic hydroxyl groups is 1. The fourth-order valence-corrected chi connectivity index (χ4v) is 1.55. The van der Waals surface area contributed by atoms with Crippen molar-refractivity contribution < 1.29 is 5.11 Å². The summed E-state index contributed by atoms with van der Waals surface area (Å²) >= 11 is 0. The van der Waals surface area contributed by atoms with Gasteiger partial charge in [-0.25, -0.2) is 0 Å². The molecule has 1 heterocycles. The number of rotatable bonds is 4. The van der Waals surface area contributed by atoms with Crippen LogP contribution in [-0.2, 0) is 6.54 Å². The maximum absolute atomic E-state index is 9.39. The van der Waals surface area contributed by atoms with Gasteiger partial charge in [-0.15, -0.1) is 5.10 Å². The number of nitrogens with two attached hydrogens (primary N) is 1. The van der Waals surface area contributed by atoms with Crippen LogP contribution in [-0.4, -0.2) is 34.5 Å². The molecule has 96 valence electrons. The third-order valence-electron chi connectivity index (χ3n) is 3.38. The first-order valence-electron chi connectivity index (χ1n) is 5.72. The molecule has 0 radical (unpaired) electrons. The molecular weight excluding hydrogens is 216 g/mol. The Kier molecular flexibility index (Phi) is 4.06. The molecule has 0 spiro atoms. The van der Waals surface area contributed by atoms with E-state index in [9.17, 15) is 5.11 Å². The van der Waals surface area contributed by atoms with Gasteiger partial charge in [-0.05, 0) is 33.3 Å². The van der Waals surface area contributed by atoms with E-state index < -0.39 is 0 Å². The van der Waals surface area contributed by atoms with E-state index in [1.807, 2.05) is 39.6 Å². The Morgan fingerprint density at radius 2 is 1.88 bits per heavy atom. The molecule has 0 amide bonds. The van der Waals surface area contributed by atoms with Crippen molar-refractivity contribution >= 4 is 5.82 Å². The number of aliphatic hydroxyl groups excluding tert-OH is 1. The van der Waals surface area contributed by atoms with Crippen LogP contribution in [0.4, 0.5) is 5.82 Å². The maximum atomic E-state index is 9.39. The number of nitrogens with zero attached hydrogens (tertiary/aromatic N) is 3. The highest BCUT2D eigenvalue weighted by atomic mass is 16.3. The fourth-order valence-electron chi connectivity index (χ4n) is 1.55. The predicted octanol–water partition coefficient (Wildman–Crippen LogP) is 0.759. The van der Waals surface area contributed by atoms with Crippen LogP contribution in [0, 0.1) is 13.8 Å². The van der Waals surface area contributed by atoms with Crippen LogP contribution < -0.4 is 10.6 Å². The van der Waals surface area contributed by atoms with E-state index in [4.69, 9.17) is 5.73 Å². The molecule has 0 fully saturated rings. The average Bonchev–Trinajstić information content (AvgIpc) is 2.31. The van der Waals surface area contributed by atoms with E-state index in [1.165, 1.54) is 0 Å². The number of likely N-dealkylation sites (N-methyl/N-ethyl adjacent to an activating group) is 1. The maximum Gasteiger partial charge on any atom is 0.156 e. The van der Waals surface area contributed by atoms with Crippen LogP contribution in [0.2, 0.25) is 0 Å². The van der Waals surface area contributed by atoms with Crippen molar-refractivity contribution in [1.82, 2.24) is 10.2 Å². The Labute approximate surface area is 103 Å². The second-order valence-electron chi connectivity index (χ2n) is 4.95. The first-order valence-corrected chi connectivity index (χ1v) is 5.72. The number of aryl methyl sites for hydroxylation is 1. The minimum absolute atomic E-state index is 0.0438. The summed E-state index contributed by atoms with van der Waals surface area (Å²) in [6.45, 7) is 8.28. The van der Waals surface area contributed by atoms with Gasteiger partial charge in [0.2, 0.25) is 0 Å². The largest absolute Gasteiger partial charge is 0.394 e. The highest BCUT2D eigenvalue weighted by Crippen LogP contribution is 2.25. The zero-order valence-electron chi connectivity index (χ0n) is 11.3. The van der Waals surface area contributed by atoms with Gasteiger partial charge in [0.25, 0.3) is 0 Å². The Morgan fingerprint density at radius 1 is 1.29 bits per heavy atom. The van der Waals surface area contributed by atoms with E-state index in [2.05, 4.69) is 10.2 Å². The van der Waals surface area contributed by atoms with Crippen LogP contribution >= 0.6 is 0 Å². The van der Waals surface area contributed by atoms with Gasteiger partial charge < -0.3 is 15.7 Å². The van der Waals surface area contributed by atoms with Crippen LogP contribution in [0.1, 0.15) is 30.7 Å². The fraction of sp³-hybridized carbons (Fsp3) is 0.667. The molecule has 17 heavy (non-hydrogen) atoms. The number of aromatic nitrogens is 2. The van der Waals surface area contributed by atoms with E-state index >= 15 is 0 Å². The minimum atomic E-state index is -0.389. The van der Waals surface area contributed by atoms with Crippen molar-refractivity contribution in [1.29, 1.82) is 0 Å². The van der Waals surface area contributed by atoms with Crippen LogP contribution in [0.25, 0.3) is 0 Å². The van der Waals surface area contributed by atoms with Crippen LogP contribution in [0.5, 0.6) is 0 Å². The van der Waals surface area contributed by atoms with Crippen molar-refractivity contribution in [2.24, 2.45) is 5.73 Å². The lowest BCUT2D eigenvalue weighted by Gasteiger charge is -2.36. The number of hydrogen-bond donors (Lipinski definition) is 2. The topological polar surface area (TPSA) is 75.3 Å². The molecule has 0 saturated heterocycles. The first kappa shape index (κ1) is 13.9. The number of hydrogen-bond acceptors (Lipinski definition) is 5. The Bertz CT molecular complexity index is 404. The van der Waals surface area contributed by atoms with Gasteiger partial charge in [-0.2, -0.15) is 5.10 Å². The van der Waals surface area contributed by atoms with Gasteiger partial charge >= 0.3 is 0 Å². The van der Waals surface area contributed by atoms with Crippen molar-refractivity contribution in [3.05, 3.63) is 16.8 Å². The molecular formula is C12H22N4O. The molecule has 1 aromatic heterocycles. The van der Waals surface area contributed by atoms with Gasteiger partial charge in [0.1, 0.15) is 0 Å². The van der Waals surface area contributed by atoms with Gasteiger partial charge in [-0.3, -0.25) is 0 Å². The molecule has 0 unspecified atom stereocenters. The number of anilines is 1. The molecule has 5 nitrogen and oxygen atoms in total. The van der Waals surface area contributed by atoms with Crippen molar-refractivity contribution in [2.45, 2.75) is 39.8 Å². The highest BCUT2D eigenvalue weighted by Gasteiger charge is 2.26. The zero-order valence-corrected chi connectivity index (χ0v) is 11.3. The summed E-state index contributed by atoms with van der Waals surface area (Å²) < 4.78 is 0. The normalized spacial score (nSPS) is 11.7.